The number of hydrazine groups is 1. The number of nitrogens with one attached hydrogen (secondary N) is 1. The van der Waals surface area contributed by atoms with Crippen molar-refractivity contribution in [3.05, 3.63) is 88.4 Å². The molecule has 0 aromatic heterocycles. The molecule has 0 radical (unpaired) electrons. The average molecular weight is 506 g/mol. The Morgan fingerprint density at radius 2 is 1.61 bits per heavy atom. The third-order valence-corrected chi connectivity index (χ3v) is 6.84. The number of amides is 3. The number of carbonyl (C=O) groups is 3. The number of aryl methyl sites for hydroxylation is 1. The first-order chi connectivity index (χ1) is 17.3. The summed E-state index contributed by atoms with van der Waals surface area (Å²) in [7, 11) is 2.98. The molecule has 2 aliphatic heterocycles. The normalized spacial score (nSPS) is 21.1. The molecule has 3 aromatic rings. The molecule has 3 amide bonds. The van der Waals surface area contributed by atoms with Crippen LogP contribution in [0.2, 0.25) is 5.02 Å². The minimum atomic E-state index is -1.08. The molecule has 0 aliphatic carbocycles. The molecule has 0 spiro atoms. The van der Waals surface area contributed by atoms with Crippen molar-refractivity contribution in [2.24, 2.45) is 5.92 Å². The van der Waals surface area contributed by atoms with Crippen LogP contribution in [-0.4, -0.2) is 43.0 Å². The Balaban J connectivity index is 1.63. The molecule has 0 saturated carbocycles. The summed E-state index contributed by atoms with van der Waals surface area (Å²) in [6.45, 7) is 1.92. The smallest absolute Gasteiger partial charge is 0.268 e. The van der Waals surface area contributed by atoms with E-state index in [0.717, 1.165) is 10.5 Å². The van der Waals surface area contributed by atoms with E-state index in [0.29, 0.717) is 27.6 Å². The largest absolute Gasteiger partial charge is 0.496 e. The van der Waals surface area contributed by atoms with E-state index in [4.69, 9.17) is 21.1 Å². The summed E-state index contributed by atoms with van der Waals surface area (Å²) in [4.78, 5) is 42.4. The van der Waals surface area contributed by atoms with Crippen LogP contribution in [0.15, 0.2) is 66.7 Å². The fraction of sp³-hybridized carbons (Fsp3) is 0.222. The monoisotopic (exact) mass is 505 g/mol. The Bertz CT molecular complexity index is 1360. The molecule has 2 fully saturated rings. The maximum absolute atomic E-state index is 13.9. The third kappa shape index (κ3) is 3.79. The third-order valence-electron chi connectivity index (χ3n) is 6.61. The van der Waals surface area contributed by atoms with E-state index >= 15 is 0 Å². The summed E-state index contributed by atoms with van der Waals surface area (Å²) in [5, 5.41) is 1.61. The van der Waals surface area contributed by atoms with Crippen molar-refractivity contribution >= 4 is 35.0 Å². The van der Waals surface area contributed by atoms with Gasteiger partial charge in [0.25, 0.3) is 11.8 Å². The van der Waals surface area contributed by atoms with Crippen LogP contribution >= 0.6 is 11.6 Å². The number of imide groups is 1. The van der Waals surface area contributed by atoms with Gasteiger partial charge in [-0.2, -0.15) is 0 Å². The lowest BCUT2D eigenvalue weighted by Gasteiger charge is -2.26. The van der Waals surface area contributed by atoms with Crippen molar-refractivity contribution in [2.75, 3.05) is 19.1 Å². The van der Waals surface area contributed by atoms with Gasteiger partial charge in [-0.3, -0.25) is 19.4 Å². The van der Waals surface area contributed by atoms with Crippen LogP contribution in [0.3, 0.4) is 0 Å². The predicted octanol–water partition coefficient (Wildman–Crippen LogP) is 3.93. The van der Waals surface area contributed by atoms with Crippen LogP contribution in [0.25, 0.3) is 0 Å². The zero-order valence-corrected chi connectivity index (χ0v) is 20.7. The number of anilines is 1. The van der Waals surface area contributed by atoms with Crippen molar-refractivity contribution in [3.63, 3.8) is 0 Å². The van der Waals surface area contributed by atoms with E-state index in [2.05, 4.69) is 5.43 Å². The molecule has 3 aromatic carbocycles. The van der Waals surface area contributed by atoms with E-state index in [1.807, 2.05) is 37.3 Å². The van der Waals surface area contributed by atoms with Crippen LogP contribution in [0.5, 0.6) is 11.5 Å². The minimum absolute atomic E-state index is 0.232. The molecule has 2 heterocycles. The van der Waals surface area contributed by atoms with Gasteiger partial charge in [0.2, 0.25) is 5.91 Å². The Kier molecular flexibility index (Phi) is 6.15. The van der Waals surface area contributed by atoms with E-state index in [-0.39, 0.29) is 5.69 Å². The maximum Gasteiger partial charge on any atom is 0.268 e. The first kappa shape index (κ1) is 23.8. The number of hydrogen-bond donors (Lipinski definition) is 1. The SMILES string of the molecule is COc1ccccc1[C@@H]1NN(C(=O)c2ccc(C)cc2)[C@H]2C(=O)N(c3cc(Cl)ccc3OC)C(=O)[C@H]12. The highest BCUT2D eigenvalue weighted by atomic mass is 35.5. The summed E-state index contributed by atoms with van der Waals surface area (Å²) < 4.78 is 10.9. The fourth-order valence-electron chi connectivity index (χ4n) is 4.87. The number of ether oxygens (including phenoxy) is 2. The summed E-state index contributed by atoms with van der Waals surface area (Å²) in [6, 6.07) is 17.2. The molecule has 8 nitrogen and oxygen atoms in total. The number of benzene rings is 3. The number of nitrogens with zero attached hydrogens (tertiary/aromatic N) is 2. The van der Waals surface area contributed by atoms with Gasteiger partial charge in [-0.05, 0) is 43.3 Å². The van der Waals surface area contributed by atoms with Crippen molar-refractivity contribution in [1.82, 2.24) is 10.4 Å². The maximum atomic E-state index is 13.9. The Morgan fingerprint density at radius 1 is 0.917 bits per heavy atom. The van der Waals surface area contributed by atoms with Gasteiger partial charge in [0.1, 0.15) is 17.5 Å². The van der Waals surface area contributed by atoms with E-state index < -0.39 is 35.7 Å². The number of carbonyl (C=O) groups excluding carboxylic acids is 3. The predicted molar refractivity (Wildman–Crippen MR) is 134 cm³/mol. The molecule has 184 valence electrons. The number of para-hydroxylation sites is 1. The van der Waals surface area contributed by atoms with Gasteiger partial charge in [0.15, 0.2) is 0 Å². The van der Waals surface area contributed by atoms with Gasteiger partial charge in [-0.15, -0.1) is 0 Å². The number of hydrogen-bond acceptors (Lipinski definition) is 6. The average Bonchev–Trinajstić information content (AvgIpc) is 3.40. The quantitative estimate of drug-likeness (QED) is 0.529. The lowest BCUT2D eigenvalue weighted by Crippen LogP contribution is -2.48. The van der Waals surface area contributed by atoms with Crippen molar-refractivity contribution in [2.45, 2.75) is 19.0 Å². The molecule has 5 rings (SSSR count). The fourth-order valence-corrected chi connectivity index (χ4v) is 5.03. The van der Waals surface area contributed by atoms with Gasteiger partial charge in [0, 0.05) is 16.1 Å². The number of fused-ring (bicyclic) bond motifs is 1. The standard InChI is InChI=1S/C27H24ClN3O5/c1-15-8-10-16(11-9-15)25(32)31-24-22(23(29-31)18-6-4-5-7-20(18)35-2)26(33)30(27(24)34)19-14-17(28)12-13-21(19)36-3/h4-14,22-24,29H,1-3H3/t22-,23+,24-/m1/s1. The second-order valence-corrected chi connectivity index (χ2v) is 9.13. The number of methoxy groups -OCH3 is 2. The molecule has 0 bridgehead atoms. The molecular weight excluding hydrogens is 482 g/mol. The topological polar surface area (TPSA) is 88.2 Å². The number of rotatable bonds is 5. The van der Waals surface area contributed by atoms with Crippen LogP contribution in [0.1, 0.15) is 27.5 Å². The van der Waals surface area contributed by atoms with Crippen molar-refractivity contribution in [3.8, 4) is 11.5 Å². The Labute approximate surface area is 213 Å². The van der Waals surface area contributed by atoms with Crippen LogP contribution in [0.4, 0.5) is 5.69 Å². The van der Waals surface area contributed by atoms with Gasteiger partial charge in [-0.1, -0.05) is 47.5 Å². The van der Waals surface area contributed by atoms with Gasteiger partial charge in [-0.25, -0.2) is 10.3 Å². The van der Waals surface area contributed by atoms with Crippen molar-refractivity contribution in [1.29, 1.82) is 0 Å². The van der Waals surface area contributed by atoms with E-state index in [1.54, 1.807) is 30.3 Å². The molecule has 2 aliphatic rings. The number of halogens is 1. The summed E-state index contributed by atoms with van der Waals surface area (Å²) >= 11 is 6.21. The highest BCUT2D eigenvalue weighted by molar-refractivity contribution is 6.32. The Hall–Kier alpha value is -3.88. The zero-order valence-electron chi connectivity index (χ0n) is 19.9. The van der Waals surface area contributed by atoms with Crippen LogP contribution < -0.4 is 19.8 Å². The molecule has 1 N–H and O–H groups in total. The summed E-state index contributed by atoms with van der Waals surface area (Å²) in [6.07, 6.45) is 0. The Morgan fingerprint density at radius 3 is 2.31 bits per heavy atom. The van der Waals surface area contributed by atoms with Gasteiger partial charge < -0.3 is 9.47 Å². The first-order valence-corrected chi connectivity index (χ1v) is 11.7. The minimum Gasteiger partial charge on any atom is -0.496 e. The molecule has 2 saturated heterocycles. The second kappa shape index (κ2) is 9.29. The molecule has 3 atom stereocenters. The van der Waals surface area contributed by atoms with E-state index in [9.17, 15) is 14.4 Å². The van der Waals surface area contributed by atoms with Crippen LogP contribution in [0, 0.1) is 12.8 Å². The second-order valence-electron chi connectivity index (χ2n) is 8.69. The highest BCUT2D eigenvalue weighted by Crippen LogP contribution is 2.46. The van der Waals surface area contributed by atoms with Crippen LogP contribution in [-0.2, 0) is 9.59 Å². The molecule has 9 heteroatoms. The summed E-state index contributed by atoms with van der Waals surface area (Å²) in [5.74, 6) is -1.46. The van der Waals surface area contributed by atoms with Crippen molar-refractivity contribution < 1.29 is 23.9 Å². The summed E-state index contributed by atoms with van der Waals surface area (Å²) in [5.41, 5.74) is 5.43. The van der Waals surface area contributed by atoms with Gasteiger partial charge in [0.05, 0.1) is 31.9 Å². The molecule has 36 heavy (non-hydrogen) atoms. The van der Waals surface area contributed by atoms with E-state index in [1.165, 1.54) is 25.3 Å². The molecular formula is C27H24ClN3O5. The first-order valence-electron chi connectivity index (χ1n) is 11.4. The lowest BCUT2D eigenvalue weighted by atomic mass is 9.90. The molecule has 0 unspecified atom stereocenters. The highest BCUT2D eigenvalue weighted by Gasteiger charge is 2.61. The lowest BCUT2D eigenvalue weighted by molar-refractivity contribution is -0.123. The van der Waals surface area contributed by atoms with Gasteiger partial charge >= 0.3 is 0 Å². The zero-order chi connectivity index (χ0) is 25.6.